The third kappa shape index (κ3) is 5.41. The number of anilines is 1. The fourth-order valence-corrected chi connectivity index (χ4v) is 5.62. The number of nitrogens with zero attached hydrogens (tertiary/aromatic N) is 2. The molecule has 10 nitrogen and oxygen atoms in total. The van der Waals surface area contributed by atoms with Crippen molar-refractivity contribution in [2.75, 3.05) is 11.9 Å². The molecule has 40 heavy (non-hydrogen) atoms. The molecule has 2 fully saturated rings. The first kappa shape index (κ1) is 29.1. The number of halogens is 4. The lowest BCUT2D eigenvalue weighted by Crippen LogP contribution is -2.59. The maximum Gasteiger partial charge on any atom is 0.471 e. The van der Waals surface area contributed by atoms with Gasteiger partial charge in [-0.3, -0.25) is 19.2 Å². The maximum atomic E-state index is 13.5. The molecule has 1 aromatic rings. The molecule has 3 aliphatic rings. The van der Waals surface area contributed by atoms with Gasteiger partial charge in [0.15, 0.2) is 6.10 Å². The van der Waals surface area contributed by atoms with E-state index < -0.39 is 65.8 Å². The Balaban J connectivity index is 1.49. The molecule has 3 N–H and O–H groups in total. The van der Waals surface area contributed by atoms with Crippen LogP contribution in [0, 0.1) is 40.3 Å². The Morgan fingerprint density at radius 3 is 2.52 bits per heavy atom. The topological polar surface area (TPSA) is 141 Å². The summed E-state index contributed by atoms with van der Waals surface area (Å²) in [6.07, 6.45) is -6.64. The van der Waals surface area contributed by atoms with Crippen molar-refractivity contribution in [2.45, 2.75) is 64.5 Å². The Morgan fingerprint density at radius 1 is 1.25 bits per heavy atom. The first-order valence-corrected chi connectivity index (χ1v) is 12.7. The molecule has 1 aliphatic carbocycles. The zero-order valence-corrected chi connectivity index (χ0v) is 22.1. The van der Waals surface area contributed by atoms with Gasteiger partial charge in [0, 0.05) is 19.0 Å². The molecule has 216 valence electrons. The van der Waals surface area contributed by atoms with Crippen LogP contribution >= 0.6 is 0 Å². The number of hydrogen-bond donors (Lipinski definition) is 3. The number of rotatable bonds is 7. The third-order valence-electron chi connectivity index (χ3n) is 7.92. The number of nitriles is 1. The largest absolute Gasteiger partial charge is 0.478 e. The van der Waals surface area contributed by atoms with Gasteiger partial charge in [0.05, 0.1) is 11.8 Å². The molecule has 4 amide bonds. The molecule has 2 heterocycles. The lowest BCUT2D eigenvalue weighted by molar-refractivity contribution is -0.175. The zero-order chi connectivity index (χ0) is 29.7. The number of nitrogens with one attached hydrogen (secondary N) is 3. The minimum Gasteiger partial charge on any atom is -0.478 e. The number of benzene rings is 1. The van der Waals surface area contributed by atoms with E-state index >= 15 is 0 Å². The van der Waals surface area contributed by atoms with Crippen molar-refractivity contribution < 1.29 is 41.5 Å². The first-order valence-electron chi connectivity index (χ1n) is 12.7. The number of likely N-dealkylation sites (tertiary alicyclic amines) is 1. The maximum absolute atomic E-state index is 13.5. The Labute approximate surface area is 227 Å². The van der Waals surface area contributed by atoms with Gasteiger partial charge in [-0.2, -0.15) is 18.4 Å². The van der Waals surface area contributed by atoms with E-state index in [0.29, 0.717) is 0 Å². The average Bonchev–Trinajstić information content (AvgIpc) is 3.19. The van der Waals surface area contributed by atoms with E-state index in [2.05, 4.69) is 10.6 Å². The number of hydrogen-bond acceptors (Lipinski definition) is 6. The van der Waals surface area contributed by atoms with Gasteiger partial charge in [0.2, 0.25) is 11.8 Å². The molecule has 0 spiro atoms. The molecule has 2 aliphatic heterocycles. The molecule has 0 bridgehead atoms. The van der Waals surface area contributed by atoms with Crippen molar-refractivity contribution in [3.8, 4) is 11.8 Å². The average molecular weight is 568 g/mol. The highest BCUT2D eigenvalue weighted by Crippen LogP contribution is 2.65. The van der Waals surface area contributed by atoms with Crippen LogP contribution in [0.1, 0.15) is 34.1 Å². The summed E-state index contributed by atoms with van der Waals surface area (Å²) in [7, 11) is 0. The minimum absolute atomic E-state index is 0.0956. The van der Waals surface area contributed by atoms with E-state index in [-0.39, 0.29) is 41.7 Å². The standard InChI is InChI=1S/C26H29F4N5O5/c1-11(2)19(34-24(39)26(28,29)30)23(38)35-10-14-18(25(14,3)4)20(35)22(37)32-13(9-31)8-17-21(36)33-15-7-12(27)5-6-16(15)40-17/h5-7,11,13-14,17-20H,8,10H2,1-4H3,(H,32,37)(H,33,36)(H,34,39)/t13?,14-,17-,18-,19?,20-/m0/s1. The van der Waals surface area contributed by atoms with E-state index in [4.69, 9.17) is 4.74 Å². The summed E-state index contributed by atoms with van der Waals surface area (Å²) >= 11 is 0. The van der Waals surface area contributed by atoms with E-state index in [1.165, 1.54) is 24.8 Å². The van der Waals surface area contributed by atoms with Gasteiger partial charge in [0.25, 0.3) is 5.91 Å². The molecule has 0 radical (unpaired) electrons. The Morgan fingerprint density at radius 2 is 1.93 bits per heavy atom. The summed E-state index contributed by atoms with van der Waals surface area (Å²) in [6, 6.07) is 1.57. The van der Waals surface area contributed by atoms with Crippen molar-refractivity contribution in [1.29, 1.82) is 5.26 Å². The zero-order valence-electron chi connectivity index (χ0n) is 22.1. The van der Waals surface area contributed by atoms with E-state index in [1.54, 1.807) is 5.32 Å². The van der Waals surface area contributed by atoms with E-state index in [9.17, 15) is 42.0 Å². The normalized spacial score (nSPS) is 25.9. The van der Waals surface area contributed by atoms with Crippen molar-refractivity contribution in [1.82, 2.24) is 15.5 Å². The highest BCUT2D eigenvalue weighted by molar-refractivity contribution is 5.98. The van der Waals surface area contributed by atoms with Gasteiger partial charge in [0.1, 0.15) is 29.7 Å². The van der Waals surface area contributed by atoms with Crippen LogP contribution in [0.3, 0.4) is 0 Å². The van der Waals surface area contributed by atoms with Crippen LogP contribution in [-0.4, -0.2) is 65.5 Å². The number of amides is 4. The molecule has 14 heteroatoms. The molecule has 0 aromatic heterocycles. The van der Waals surface area contributed by atoms with Gasteiger partial charge < -0.3 is 25.6 Å². The lowest BCUT2D eigenvalue weighted by atomic mass is 9.97. The summed E-state index contributed by atoms with van der Waals surface area (Å²) < 4.78 is 57.8. The molecule has 4 rings (SSSR count). The second-order valence-corrected chi connectivity index (χ2v) is 11.2. The first-order chi connectivity index (χ1) is 18.6. The van der Waals surface area contributed by atoms with Crippen LogP contribution in [0.15, 0.2) is 18.2 Å². The summed E-state index contributed by atoms with van der Waals surface area (Å²) in [5, 5.41) is 16.5. The molecule has 1 aromatic carbocycles. The summed E-state index contributed by atoms with van der Waals surface area (Å²) in [6.45, 7) is 6.85. The predicted octanol–water partition coefficient (Wildman–Crippen LogP) is 2.11. The number of alkyl halides is 3. The Bertz CT molecular complexity index is 1280. The molecular weight excluding hydrogens is 538 g/mol. The second kappa shape index (κ2) is 10.3. The minimum atomic E-state index is -5.19. The summed E-state index contributed by atoms with van der Waals surface area (Å²) in [5.74, 6) is -5.98. The fraction of sp³-hybridized carbons (Fsp3) is 0.577. The van der Waals surface area contributed by atoms with Gasteiger partial charge in [-0.05, 0) is 35.3 Å². The monoisotopic (exact) mass is 567 g/mol. The Kier molecular flexibility index (Phi) is 7.46. The van der Waals surface area contributed by atoms with Gasteiger partial charge >= 0.3 is 12.1 Å². The summed E-state index contributed by atoms with van der Waals surface area (Å²) in [5.41, 5.74) is -0.215. The van der Waals surface area contributed by atoms with Crippen LogP contribution < -0.4 is 20.7 Å². The molecule has 1 saturated carbocycles. The van der Waals surface area contributed by atoms with Gasteiger partial charge in [-0.15, -0.1) is 0 Å². The molecule has 2 unspecified atom stereocenters. The number of piperidine rings is 1. The second-order valence-electron chi connectivity index (χ2n) is 11.2. The van der Waals surface area contributed by atoms with Crippen molar-refractivity contribution in [3.05, 3.63) is 24.0 Å². The fourth-order valence-electron chi connectivity index (χ4n) is 5.62. The highest BCUT2D eigenvalue weighted by Gasteiger charge is 2.69. The number of fused-ring (bicyclic) bond motifs is 2. The van der Waals surface area contributed by atoms with Gasteiger partial charge in [-0.1, -0.05) is 27.7 Å². The van der Waals surface area contributed by atoms with Crippen molar-refractivity contribution in [3.63, 3.8) is 0 Å². The van der Waals surface area contributed by atoms with E-state index in [0.717, 1.165) is 12.1 Å². The SMILES string of the molecule is CC(C)C(NC(=O)C(F)(F)F)C(=O)N1C[C@H]2[C@@H]([C@H]1C(=O)NC(C#N)C[C@@H]1Oc3ccc(F)cc3NC1=O)C2(C)C. The van der Waals surface area contributed by atoms with Crippen molar-refractivity contribution in [2.24, 2.45) is 23.2 Å². The third-order valence-corrected chi connectivity index (χ3v) is 7.92. The van der Waals surface area contributed by atoms with Gasteiger partial charge in [-0.25, -0.2) is 4.39 Å². The number of carbonyl (C=O) groups is 4. The lowest BCUT2D eigenvalue weighted by Gasteiger charge is -2.34. The Hall–Kier alpha value is -3.89. The predicted molar refractivity (Wildman–Crippen MR) is 131 cm³/mol. The van der Waals surface area contributed by atoms with Crippen LogP contribution in [0.4, 0.5) is 23.2 Å². The number of ether oxygens (including phenoxy) is 1. The van der Waals surface area contributed by atoms with Crippen LogP contribution in [0.25, 0.3) is 0 Å². The van der Waals surface area contributed by atoms with Crippen LogP contribution in [0.5, 0.6) is 5.75 Å². The molecule has 1 saturated heterocycles. The molecular formula is C26H29F4N5O5. The molecule has 6 atom stereocenters. The number of carbonyl (C=O) groups excluding carboxylic acids is 4. The highest BCUT2D eigenvalue weighted by atomic mass is 19.4. The van der Waals surface area contributed by atoms with E-state index in [1.807, 2.05) is 19.9 Å². The van der Waals surface area contributed by atoms with Crippen LogP contribution in [0.2, 0.25) is 0 Å². The quantitative estimate of drug-likeness (QED) is 0.431. The summed E-state index contributed by atoms with van der Waals surface area (Å²) in [4.78, 5) is 52.1. The van der Waals surface area contributed by atoms with Crippen molar-refractivity contribution >= 4 is 29.3 Å². The smallest absolute Gasteiger partial charge is 0.471 e. The van der Waals surface area contributed by atoms with Crippen LogP contribution in [-0.2, 0) is 19.2 Å².